The van der Waals surface area contributed by atoms with Crippen molar-refractivity contribution in [2.45, 2.75) is 0 Å². The Balaban J connectivity index is 2.41. The van der Waals surface area contributed by atoms with E-state index in [-0.39, 0.29) is 5.78 Å². The number of carbonyl (C=O) groups is 1. The molecule has 17 heavy (non-hydrogen) atoms. The third kappa shape index (κ3) is 2.61. The normalized spacial score (nSPS) is 10.5. The van der Waals surface area contributed by atoms with Gasteiger partial charge in [-0.3, -0.25) is 4.79 Å². The monoisotopic (exact) mass is 246 g/mol. The lowest BCUT2D eigenvalue weighted by atomic mass is 10.0. The molecule has 3 heteroatoms. The van der Waals surface area contributed by atoms with Gasteiger partial charge in [-0.2, -0.15) is 11.8 Å². The number of Topliss-reactive ketones (excluding diaryl/α,β-unsaturated/α-hetero) is 1. The van der Waals surface area contributed by atoms with Gasteiger partial charge in [0.1, 0.15) is 5.75 Å². The maximum atomic E-state index is 11.8. The van der Waals surface area contributed by atoms with Crippen molar-refractivity contribution >= 4 is 28.3 Å². The minimum atomic E-state index is 0.176. The fourth-order valence-corrected chi connectivity index (χ4v) is 2.17. The molecular formula is C14H14O2S. The third-order valence-corrected chi connectivity index (χ3v) is 3.20. The van der Waals surface area contributed by atoms with Crippen molar-refractivity contribution in [3.8, 4) is 5.75 Å². The lowest BCUT2D eigenvalue weighted by Gasteiger charge is -2.04. The van der Waals surface area contributed by atoms with Crippen LogP contribution in [0, 0.1) is 0 Å². The second-order valence-corrected chi connectivity index (χ2v) is 4.65. The van der Waals surface area contributed by atoms with Crippen molar-refractivity contribution in [3.63, 3.8) is 0 Å². The summed E-state index contributed by atoms with van der Waals surface area (Å²) in [7, 11) is 1.65. The molecule has 2 nitrogen and oxygen atoms in total. The van der Waals surface area contributed by atoms with E-state index < -0.39 is 0 Å². The minimum Gasteiger partial charge on any atom is -0.497 e. The van der Waals surface area contributed by atoms with Gasteiger partial charge in [-0.25, -0.2) is 0 Å². The van der Waals surface area contributed by atoms with E-state index in [9.17, 15) is 4.79 Å². The zero-order valence-corrected chi connectivity index (χ0v) is 10.7. The SMILES string of the molecule is COc1ccc2cc(C(=O)CSC)ccc2c1. The van der Waals surface area contributed by atoms with E-state index in [1.165, 1.54) is 0 Å². The molecule has 0 unspecified atom stereocenters. The van der Waals surface area contributed by atoms with Gasteiger partial charge in [0.15, 0.2) is 5.78 Å². The highest BCUT2D eigenvalue weighted by Gasteiger charge is 2.06. The summed E-state index contributed by atoms with van der Waals surface area (Å²) in [6, 6.07) is 11.6. The van der Waals surface area contributed by atoms with Gasteiger partial charge in [0.05, 0.1) is 12.9 Å². The van der Waals surface area contributed by atoms with Crippen LogP contribution in [0.3, 0.4) is 0 Å². The molecule has 0 spiro atoms. The van der Waals surface area contributed by atoms with Gasteiger partial charge in [0.25, 0.3) is 0 Å². The van der Waals surface area contributed by atoms with Crippen LogP contribution in [0.15, 0.2) is 36.4 Å². The molecule has 0 heterocycles. The van der Waals surface area contributed by atoms with Gasteiger partial charge in [0.2, 0.25) is 0 Å². The Hall–Kier alpha value is -1.48. The molecule has 2 aromatic rings. The van der Waals surface area contributed by atoms with Crippen LogP contribution in [-0.2, 0) is 0 Å². The zero-order chi connectivity index (χ0) is 12.3. The number of carbonyl (C=O) groups excluding carboxylic acids is 1. The predicted molar refractivity (Wildman–Crippen MR) is 73.2 cm³/mol. The van der Waals surface area contributed by atoms with E-state index in [0.29, 0.717) is 5.75 Å². The Bertz CT molecular complexity index is 549. The van der Waals surface area contributed by atoms with Crippen LogP contribution in [0.25, 0.3) is 10.8 Å². The maximum absolute atomic E-state index is 11.8. The summed E-state index contributed by atoms with van der Waals surface area (Å²) in [6.07, 6.45) is 1.93. The summed E-state index contributed by atoms with van der Waals surface area (Å²) < 4.78 is 5.17. The first-order valence-corrected chi connectivity index (χ1v) is 6.74. The number of hydrogen-bond acceptors (Lipinski definition) is 3. The van der Waals surface area contributed by atoms with E-state index in [4.69, 9.17) is 4.74 Å². The molecule has 0 saturated carbocycles. The second kappa shape index (κ2) is 5.23. The van der Waals surface area contributed by atoms with E-state index in [1.54, 1.807) is 18.9 Å². The van der Waals surface area contributed by atoms with Gasteiger partial charge in [-0.15, -0.1) is 0 Å². The van der Waals surface area contributed by atoms with Gasteiger partial charge in [0, 0.05) is 5.56 Å². The van der Waals surface area contributed by atoms with Crippen molar-refractivity contribution in [1.29, 1.82) is 0 Å². The fourth-order valence-electron chi connectivity index (χ4n) is 1.74. The van der Waals surface area contributed by atoms with Crippen LogP contribution in [0.2, 0.25) is 0 Å². The average molecular weight is 246 g/mol. The summed E-state index contributed by atoms with van der Waals surface area (Å²) >= 11 is 1.55. The molecule has 2 rings (SSSR count). The lowest BCUT2D eigenvalue weighted by molar-refractivity contribution is 0.102. The Morgan fingerprint density at radius 1 is 1.18 bits per heavy atom. The number of rotatable bonds is 4. The largest absolute Gasteiger partial charge is 0.497 e. The topological polar surface area (TPSA) is 26.3 Å². The first-order chi connectivity index (χ1) is 8.24. The number of ether oxygens (including phenoxy) is 1. The van der Waals surface area contributed by atoms with Crippen molar-refractivity contribution in [1.82, 2.24) is 0 Å². The highest BCUT2D eigenvalue weighted by Crippen LogP contribution is 2.22. The summed E-state index contributed by atoms with van der Waals surface area (Å²) in [6.45, 7) is 0. The molecule has 2 aromatic carbocycles. The Morgan fingerprint density at radius 2 is 1.88 bits per heavy atom. The number of thioether (sulfide) groups is 1. The third-order valence-electron chi connectivity index (χ3n) is 2.64. The minimum absolute atomic E-state index is 0.176. The lowest BCUT2D eigenvalue weighted by Crippen LogP contribution is -2.01. The van der Waals surface area contributed by atoms with Crippen molar-refractivity contribution in [2.75, 3.05) is 19.1 Å². The van der Waals surface area contributed by atoms with Gasteiger partial charge < -0.3 is 4.74 Å². The van der Waals surface area contributed by atoms with Crippen LogP contribution in [0.1, 0.15) is 10.4 Å². The Labute approximate surface area is 105 Å². The molecule has 0 fully saturated rings. The highest BCUT2D eigenvalue weighted by molar-refractivity contribution is 7.99. The van der Waals surface area contributed by atoms with Crippen LogP contribution < -0.4 is 4.74 Å². The summed E-state index contributed by atoms with van der Waals surface area (Å²) in [5, 5.41) is 2.16. The Morgan fingerprint density at radius 3 is 2.59 bits per heavy atom. The van der Waals surface area contributed by atoms with Gasteiger partial charge in [-0.05, 0) is 35.2 Å². The average Bonchev–Trinajstić information content (AvgIpc) is 2.37. The van der Waals surface area contributed by atoms with E-state index in [1.807, 2.05) is 42.7 Å². The molecule has 0 aromatic heterocycles. The standard InChI is InChI=1S/C14H14O2S/c1-16-13-6-5-10-7-12(14(15)9-17-2)4-3-11(10)8-13/h3-8H,9H2,1-2H3. The zero-order valence-electron chi connectivity index (χ0n) is 9.90. The van der Waals surface area contributed by atoms with Crippen LogP contribution in [0.4, 0.5) is 0 Å². The molecule has 88 valence electrons. The van der Waals surface area contributed by atoms with E-state index in [0.717, 1.165) is 22.1 Å². The number of hydrogen-bond donors (Lipinski definition) is 0. The van der Waals surface area contributed by atoms with Crippen molar-refractivity contribution in [2.24, 2.45) is 0 Å². The molecule has 0 aliphatic rings. The smallest absolute Gasteiger partial charge is 0.172 e. The van der Waals surface area contributed by atoms with E-state index >= 15 is 0 Å². The summed E-state index contributed by atoms with van der Waals surface area (Å²) in [4.78, 5) is 11.8. The number of methoxy groups -OCH3 is 1. The van der Waals surface area contributed by atoms with Crippen LogP contribution in [-0.4, -0.2) is 24.9 Å². The van der Waals surface area contributed by atoms with Gasteiger partial charge >= 0.3 is 0 Å². The maximum Gasteiger partial charge on any atom is 0.172 e. The number of fused-ring (bicyclic) bond motifs is 1. The summed E-state index contributed by atoms with van der Waals surface area (Å²) in [5.74, 6) is 1.54. The molecule has 0 saturated heterocycles. The first-order valence-electron chi connectivity index (χ1n) is 5.34. The van der Waals surface area contributed by atoms with Crippen molar-refractivity contribution in [3.05, 3.63) is 42.0 Å². The first kappa shape index (κ1) is 12.0. The molecule has 0 aliphatic carbocycles. The van der Waals surface area contributed by atoms with E-state index in [2.05, 4.69) is 0 Å². The number of benzene rings is 2. The molecule has 0 radical (unpaired) electrons. The number of ketones is 1. The molecular weight excluding hydrogens is 232 g/mol. The molecule has 0 bridgehead atoms. The quantitative estimate of drug-likeness (QED) is 0.773. The van der Waals surface area contributed by atoms with Crippen molar-refractivity contribution < 1.29 is 9.53 Å². The molecule has 0 amide bonds. The predicted octanol–water partition coefficient (Wildman–Crippen LogP) is 3.39. The van der Waals surface area contributed by atoms with Gasteiger partial charge in [-0.1, -0.05) is 18.2 Å². The molecule has 0 atom stereocenters. The molecule has 0 aliphatic heterocycles. The van der Waals surface area contributed by atoms with Crippen LogP contribution in [0.5, 0.6) is 5.75 Å². The highest BCUT2D eigenvalue weighted by atomic mass is 32.2. The Kier molecular flexibility index (Phi) is 3.69. The second-order valence-electron chi connectivity index (χ2n) is 3.78. The fraction of sp³-hybridized carbons (Fsp3) is 0.214. The molecule has 0 N–H and O–H groups in total. The summed E-state index contributed by atoms with van der Waals surface area (Å²) in [5.41, 5.74) is 0.775. The van der Waals surface area contributed by atoms with Crippen LogP contribution >= 0.6 is 11.8 Å².